The Morgan fingerprint density at radius 3 is 2.72 bits per heavy atom. The lowest BCUT2D eigenvalue weighted by Gasteiger charge is -2.29. The third-order valence-electron chi connectivity index (χ3n) is 5.58. The summed E-state index contributed by atoms with van der Waals surface area (Å²) < 4.78 is 10.8. The van der Waals surface area contributed by atoms with Crippen LogP contribution >= 0.6 is 0 Å². The molecule has 2 aromatic rings. The van der Waals surface area contributed by atoms with Gasteiger partial charge in [0.1, 0.15) is 5.75 Å². The van der Waals surface area contributed by atoms with E-state index in [4.69, 9.17) is 14.6 Å². The lowest BCUT2D eigenvalue weighted by molar-refractivity contribution is -0.135. The third kappa shape index (κ3) is 4.33. The monoisotopic (exact) mass is 393 g/mol. The molecule has 0 spiro atoms. The van der Waals surface area contributed by atoms with Gasteiger partial charge in [0.05, 0.1) is 38.6 Å². The Morgan fingerprint density at radius 2 is 1.97 bits per heavy atom. The van der Waals surface area contributed by atoms with Gasteiger partial charge in [-0.3, -0.25) is 9.69 Å². The summed E-state index contributed by atoms with van der Waals surface area (Å²) in [5.41, 5.74) is 4.21. The molecule has 0 bridgehead atoms. The van der Waals surface area contributed by atoms with E-state index in [1.807, 2.05) is 36.4 Å². The second-order valence-electron chi connectivity index (χ2n) is 7.48. The molecule has 2 heterocycles. The lowest BCUT2D eigenvalue weighted by Crippen LogP contribution is -2.43. The number of carbonyl (C=O) groups is 1. The van der Waals surface area contributed by atoms with E-state index in [2.05, 4.69) is 24.0 Å². The van der Waals surface area contributed by atoms with E-state index in [9.17, 15) is 4.79 Å². The zero-order valence-corrected chi connectivity index (χ0v) is 17.0. The zero-order chi connectivity index (χ0) is 20.2. The molecule has 29 heavy (non-hydrogen) atoms. The Hall–Kier alpha value is -2.70. The van der Waals surface area contributed by atoms with Crippen molar-refractivity contribution in [3.63, 3.8) is 0 Å². The quantitative estimate of drug-likeness (QED) is 0.784. The first kappa shape index (κ1) is 19.6. The average Bonchev–Trinajstić information content (AvgIpc) is 3.20. The number of ether oxygens (including phenoxy) is 2. The van der Waals surface area contributed by atoms with E-state index >= 15 is 0 Å². The normalized spacial score (nSPS) is 19.9. The highest BCUT2D eigenvalue weighted by Gasteiger charge is 2.34. The van der Waals surface area contributed by atoms with Gasteiger partial charge in [-0.25, -0.2) is 5.01 Å². The van der Waals surface area contributed by atoms with Crippen molar-refractivity contribution in [1.29, 1.82) is 0 Å². The van der Waals surface area contributed by atoms with Gasteiger partial charge in [0, 0.05) is 25.1 Å². The highest BCUT2D eigenvalue weighted by Crippen LogP contribution is 2.35. The van der Waals surface area contributed by atoms with Crippen LogP contribution in [0.25, 0.3) is 0 Å². The number of hydrazone groups is 1. The van der Waals surface area contributed by atoms with Gasteiger partial charge >= 0.3 is 0 Å². The maximum Gasteiger partial charge on any atom is 0.257 e. The van der Waals surface area contributed by atoms with E-state index in [0.29, 0.717) is 26.2 Å². The van der Waals surface area contributed by atoms with Crippen LogP contribution in [0.15, 0.2) is 53.6 Å². The summed E-state index contributed by atoms with van der Waals surface area (Å²) in [4.78, 5) is 15.4. The number of hydrogen-bond donors (Lipinski definition) is 0. The molecular formula is C23H27N3O3. The van der Waals surface area contributed by atoms with Crippen LogP contribution in [0, 0.1) is 6.92 Å². The topological polar surface area (TPSA) is 54.4 Å². The molecule has 152 valence electrons. The minimum absolute atomic E-state index is 0.0260. The van der Waals surface area contributed by atoms with Crippen molar-refractivity contribution in [3.8, 4) is 5.75 Å². The Kier molecular flexibility index (Phi) is 5.92. The molecule has 0 radical (unpaired) electrons. The molecule has 1 saturated heterocycles. The number of carbonyl (C=O) groups excluding carboxylic acids is 1. The van der Waals surface area contributed by atoms with E-state index in [1.165, 1.54) is 5.56 Å². The summed E-state index contributed by atoms with van der Waals surface area (Å²) in [6.07, 6.45) is 0.687. The van der Waals surface area contributed by atoms with Gasteiger partial charge in [-0.1, -0.05) is 36.4 Å². The van der Waals surface area contributed by atoms with Crippen molar-refractivity contribution in [2.75, 3.05) is 40.0 Å². The first-order valence-electron chi connectivity index (χ1n) is 10.1. The first-order valence-corrected chi connectivity index (χ1v) is 10.1. The molecule has 1 fully saturated rings. The number of morpholine rings is 1. The van der Waals surface area contributed by atoms with E-state index in [0.717, 1.165) is 35.7 Å². The molecule has 0 N–H and O–H groups in total. The Morgan fingerprint density at radius 1 is 1.17 bits per heavy atom. The first-order chi connectivity index (χ1) is 14.2. The number of rotatable bonds is 5. The third-order valence-corrected chi connectivity index (χ3v) is 5.58. The molecular weight excluding hydrogens is 366 g/mol. The summed E-state index contributed by atoms with van der Waals surface area (Å²) in [6, 6.07) is 16.0. The zero-order valence-electron chi connectivity index (χ0n) is 17.0. The average molecular weight is 393 g/mol. The molecule has 0 aliphatic carbocycles. The maximum absolute atomic E-state index is 13.2. The molecule has 0 saturated carbocycles. The predicted molar refractivity (Wildman–Crippen MR) is 112 cm³/mol. The molecule has 1 amide bonds. The predicted octanol–water partition coefficient (Wildman–Crippen LogP) is 3.01. The SMILES string of the molecule is COc1cccc(C2=NN(C(=O)CN3CCOCC3)[C@@H](c3ccccc3C)C2)c1. The van der Waals surface area contributed by atoms with Gasteiger partial charge in [0.25, 0.3) is 5.91 Å². The second kappa shape index (κ2) is 8.76. The molecule has 0 aromatic heterocycles. The smallest absolute Gasteiger partial charge is 0.257 e. The van der Waals surface area contributed by atoms with Crippen LogP contribution in [0.5, 0.6) is 5.75 Å². The van der Waals surface area contributed by atoms with Crippen molar-refractivity contribution in [1.82, 2.24) is 9.91 Å². The van der Waals surface area contributed by atoms with Crippen LogP contribution in [0.2, 0.25) is 0 Å². The van der Waals surface area contributed by atoms with Crippen molar-refractivity contribution < 1.29 is 14.3 Å². The largest absolute Gasteiger partial charge is 0.497 e. The summed E-state index contributed by atoms with van der Waals surface area (Å²) in [6.45, 7) is 5.35. The molecule has 2 aliphatic heterocycles. The number of hydrogen-bond acceptors (Lipinski definition) is 5. The minimum Gasteiger partial charge on any atom is -0.497 e. The minimum atomic E-state index is -0.0917. The number of nitrogens with zero attached hydrogens (tertiary/aromatic N) is 3. The fraction of sp³-hybridized carbons (Fsp3) is 0.391. The summed E-state index contributed by atoms with van der Waals surface area (Å²) >= 11 is 0. The Balaban J connectivity index is 1.63. The van der Waals surface area contributed by atoms with Crippen molar-refractivity contribution in [2.45, 2.75) is 19.4 Å². The second-order valence-corrected chi connectivity index (χ2v) is 7.48. The highest BCUT2D eigenvalue weighted by atomic mass is 16.5. The van der Waals surface area contributed by atoms with Gasteiger partial charge < -0.3 is 9.47 Å². The standard InChI is InChI=1S/C23H27N3O3/c1-17-6-3-4-9-20(17)22-15-21(18-7-5-8-19(14-18)28-2)24-26(22)23(27)16-25-10-12-29-13-11-25/h3-9,14,22H,10-13,15-16H2,1-2H3/t22-/m1/s1. The molecule has 6 heteroatoms. The fourth-order valence-electron chi connectivity index (χ4n) is 3.94. The number of amides is 1. The molecule has 0 unspecified atom stereocenters. The van der Waals surface area contributed by atoms with Gasteiger partial charge in [0.2, 0.25) is 0 Å². The van der Waals surface area contributed by atoms with Crippen LogP contribution in [-0.2, 0) is 9.53 Å². The number of benzene rings is 2. The van der Waals surface area contributed by atoms with Gasteiger partial charge in [0.15, 0.2) is 0 Å². The van der Waals surface area contributed by atoms with Crippen LogP contribution in [0.1, 0.15) is 29.2 Å². The molecule has 2 aromatic carbocycles. The van der Waals surface area contributed by atoms with Crippen molar-refractivity contribution in [3.05, 3.63) is 65.2 Å². The molecule has 2 aliphatic rings. The fourth-order valence-corrected chi connectivity index (χ4v) is 3.94. The van der Waals surface area contributed by atoms with Gasteiger partial charge in [-0.2, -0.15) is 5.10 Å². The number of methoxy groups -OCH3 is 1. The van der Waals surface area contributed by atoms with Crippen molar-refractivity contribution >= 4 is 11.6 Å². The van der Waals surface area contributed by atoms with E-state index < -0.39 is 0 Å². The maximum atomic E-state index is 13.2. The summed E-state index contributed by atoms with van der Waals surface area (Å²) in [5, 5.41) is 6.47. The Labute approximate surface area is 171 Å². The Bertz CT molecular complexity index is 906. The van der Waals surface area contributed by atoms with Crippen molar-refractivity contribution in [2.24, 2.45) is 5.10 Å². The molecule has 4 rings (SSSR count). The van der Waals surface area contributed by atoms with Crippen LogP contribution in [-0.4, -0.2) is 61.5 Å². The highest BCUT2D eigenvalue weighted by molar-refractivity contribution is 6.03. The summed E-state index contributed by atoms with van der Waals surface area (Å²) in [7, 11) is 1.66. The summed E-state index contributed by atoms with van der Waals surface area (Å²) in [5.74, 6) is 0.814. The van der Waals surface area contributed by atoms with E-state index in [-0.39, 0.29) is 11.9 Å². The van der Waals surface area contributed by atoms with E-state index in [1.54, 1.807) is 12.1 Å². The van der Waals surface area contributed by atoms with Crippen LogP contribution in [0.3, 0.4) is 0 Å². The molecule has 1 atom stereocenters. The lowest BCUT2D eigenvalue weighted by atomic mass is 9.95. The van der Waals surface area contributed by atoms with Crippen LogP contribution < -0.4 is 4.74 Å². The van der Waals surface area contributed by atoms with Crippen LogP contribution in [0.4, 0.5) is 0 Å². The molecule has 6 nitrogen and oxygen atoms in total. The van der Waals surface area contributed by atoms with Gasteiger partial charge in [-0.05, 0) is 30.2 Å². The number of aryl methyl sites for hydroxylation is 1. The van der Waals surface area contributed by atoms with Gasteiger partial charge in [-0.15, -0.1) is 0 Å².